The van der Waals surface area contributed by atoms with Gasteiger partial charge in [-0.15, -0.1) is 0 Å². The largest absolute Gasteiger partial charge is 0.347 e. The maximum Gasteiger partial charge on any atom is 0.275 e. The van der Waals surface area contributed by atoms with Gasteiger partial charge in [0.15, 0.2) is 13.2 Å². The van der Waals surface area contributed by atoms with Gasteiger partial charge in [0, 0.05) is 5.54 Å². The van der Waals surface area contributed by atoms with E-state index in [0.29, 0.717) is 6.54 Å². The van der Waals surface area contributed by atoms with E-state index in [1.807, 2.05) is 50.6 Å². The first-order chi connectivity index (χ1) is 13.7. The van der Waals surface area contributed by atoms with E-state index < -0.39 is 0 Å². The fraction of sp³-hybridized carbons (Fsp3) is 0.571. The summed E-state index contributed by atoms with van der Waals surface area (Å²) < 4.78 is 4.83. The van der Waals surface area contributed by atoms with E-state index >= 15 is 0 Å². The number of hydrogen-bond donors (Lipinski definition) is 3. The molecule has 8 heteroatoms. The molecule has 3 N–H and O–H groups in total. The average Bonchev–Trinajstić information content (AvgIpc) is 2.90. The van der Waals surface area contributed by atoms with E-state index in [1.54, 1.807) is 0 Å². The van der Waals surface area contributed by atoms with Crippen molar-refractivity contribution in [3.05, 3.63) is 46.5 Å². The zero-order chi connectivity index (χ0) is 21.0. The van der Waals surface area contributed by atoms with Crippen molar-refractivity contribution in [2.75, 3.05) is 32.7 Å². The Morgan fingerprint density at radius 1 is 1.14 bits per heavy atom. The van der Waals surface area contributed by atoms with Crippen LogP contribution in [0.1, 0.15) is 32.2 Å². The number of aromatic nitrogens is 3. The lowest BCUT2D eigenvalue weighted by atomic mass is 10.1. The number of piperazine rings is 1. The molecule has 3 rings (SSSR count). The Kier molecular flexibility index (Phi) is 6.87. The maximum absolute atomic E-state index is 12.2. The van der Waals surface area contributed by atoms with Crippen molar-refractivity contribution in [2.24, 2.45) is 0 Å². The number of carbonyl (C=O) groups is 1. The van der Waals surface area contributed by atoms with Crippen molar-refractivity contribution < 1.29 is 14.6 Å². The van der Waals surface area contributed by atoms with Crippen LogP contribution in [0.4, 0.5) is 0 Å². The van der Waals surface area contributed by atoms with Gasteiger partial charge in [-0.25, -0.2) is 0 Å². The molecular formula is C21H34N6OS+2. The Morgan fingerprint density at radius 3 is 2.38 bits per heavy atom. The van der Waals surface area contributed by atoms with Crippen LogP contribution in [0.25, 0.3) is 0 Å². The predicted molar refractivity (Wildman–Crippen MR) is 115 cm³/mol. The Labute approximate surface area is 178 Å². The predicted octanol–water partition coefficient (Wildman–Crippen LogP) is -0.574. The van der Waals surface area contributed by atoms with E-state index in [1.165, 1.54) is 15.4 Å². The summed E-state index contributed by atoms with van der Waals surface area (Å²) in [6.45, 7) is 14.2. The first-order valence-electron chi connectivity index (χ1n) is 10.4. The van der Waals surface area contributed by atoms with E-state index in [4.69, 9.17) is 17.3 Å². The quantitative estimate of drug-likeness (QED) is 0.551. The standard InChI is InChI=1S/C21H32N6OS/c1-17-23-27(20(29)26(17)14-18-8-6-5-7-9-18)16-25-12-10-24(11-13-25)15-19(28)22-21(2,3)4/h5-9H,10-16H2,1-4H3,(H,22,28)/p+2. The summed E-state index contributed by atoms with van der Waals surface area (Å²) in [7, 11) is 0. The first kappa shape index (κ1) is 21.7. The monoisotopic (exact) mass is 418 g/mol. The van der Waals surface area contributed by atoms with Crippen LogP contribution in [-0.4, -0.2) is 58.5 Å². The number of carbonyl (C=O) groups excluding carboxylic acids is 1. The lowest BCUT2D eigenvalue weighted by Gasteiger charge is -2.30. The highest BCUT2D eigenvalue weighted by Crippen LogP contribution is 2.06. The summed E-state index contributed by atoms with van der Waals surface area (Å²) in [5, 5.41) is 7.75. The van der Waals surface area contributed by atoms with Crippen molar-refractivity contribution in [1.82, 2.24) is 19.7 Å². The summed E-state index contributed by atoms with van der Waals surface area (Å²) in [6.07, 6.45) is 0. The highest BCUT2D eigenvalue weighted by atomic mass is 32.1. The Morgan fingerprint density at radius 2 is 1.76 bits per heavy atom. The lowest BCUT2D eigenvalue weighted by molar-refractivity contribution is -1.02. The number of rotatable bonds is 6. The van der Waals surface area contributed by atoms with Crippen LogP contribution in [0.2, 0.25) is 0 Å². The second kappa shape index (κ2) is 9.19. The van der Waals surface area contributed by atoms with Crippen molar-refractivity contribution in [3.8, 4) is 0 Å². The summed E-state index contributed by atoms with van der Waals surface area (Å²) in [4.78, 5) is 15.0. The number of benzene rings is 1. The molecular weight excluding hydrogens is 384 g/mol. The molecule has 0 spiro atoms. The molecule has 0 saturated carbocycles. The molecule has 2 heterocycles. The summed E-state index contributed by atoms with van der Waals surface area (Å²) in [6, 6.07) is 10.3. The molecule has 0 radical (unpaired) electrons. The fourth-order valence-corrected chi connectivity index (χ4v) is 4.10. The van der Waals surface area contributed by atoms with E-state index in [-0.39, 0.29) is 11.4 Å². The van der Waals surface area contributed by atoms with Crippen LogP contribution >= 0.6 is 12.2 Å². The highest BCUT2D eigenvalue weighted by Gasteiger charge is 2.26. The normalized spacial score (nSPS) is 19.9. The summed E-state index contributed by atoms with van der Waals surface area (Å²) >= 11 is 5.70. The van der Waals surface area contributed by atoms with Gasteiger partial charge in [0.25, 0.3) is 5.91 Å². The molecule has 29 heavy (non-hydrogen) atoms. The number of nitrogens with one attached hydrogen (secondary N) is 3. The molecule has 1 aromatic carbocycles. The van der Waals surface area contributed by atoms with Crippen LogP contribution in [0.3, 0.4) is 0 Å². The van der Waals surface area contributed by atoms with Crippen molar-refractivity contribution in [1.29, 1.82) is 0 Å². The number of amides is 1. The van der Waals surface area contributed by atoms with E-state index in [9.17, 15) is 4.79 Å². The van der Waals surface area contributed by atoms with Crippen LogP contribution in [0.15, 0.2) is 30.3 Å². The number of nitrogens with zero attached hydrogens (tertiary/aromatic N) is 3. The minimum Gasteiger partial charge on any atom is -0.347 e. The molecule has 0 atom stereocenters. The van der Waals surface area contributed by atoms with Gasteiger partial charge in [0.1, 0.15) is 32.0 Å². The number of quaternary nitrogens is 2. The van der Waals surface area contributed by atoms with Gasteiger partial charge in [-0.1, -0.05) is 30.3 Å². The van der Waals surface area contributed by atoms with Gasteiger partial charge in [-0.05, 0) is 45.5 Å². The first-order valence-corrected chi connectivity index (χ1v) is 10.8. The van der Waals surface area contributed by atoms with Gasteiger partial charge in [0.2, 0.25) is 4.77 Å². The van der Waals surface area contributed by atoms with Crippen molar-refractivity contribution in [3.63, 3.8) is 0 Å². The minimum absolute atomic E-state index is 0.133. The SMILES string of the molecule is Cc1nn(C[NH+]2CC[NH+](CC(=O)NC(C)(C)C)CC2)c(=S)n1Cc1ccccc1. The minimum atomic E-state index is -0.170. The smallest absolute Gasteiger partial charge is 0.275 e. The summed E-state index contributed by atoms with van der Waals surface area (Å²) in [5.74, 6) is 1.08. The number of hydrogen-bond acceptors (Lipinski definition) is 3. The maximum atomic E-state index is 12.2. The molecule has 1 aliphatic rings. The molecule has 0 unspecified atom stereocenters. The van der Waals surface area contributed by atoms with Crippen molar-refractivity contribution in [2.45, 2.75) is 46.4 Å². The molecule has 1 aromatic heterocycles. The molecule has 1 amide bonds. The lowest BCUT2D eigenvalue weighted by Crippen LogP contribution is -3.28. The Balaban J connectivity index is 1.54. The van der Waals surface area contributed by atoms with Gasteiger partial charge >= 0.3 is 0 Å². The number of aryl methyl sites for hydroxylation is 1. The van der Waals surface area contributed by atoms with Gasteiger partial charge in [-0.2, -0.15) is 9.78 Å². The average molecular weight is 419 g/mol. The van der Waals surface area contributed by atoms with Crippen LogP contribution in [-0.2, 0) is 18.0 Å². The molecule has 7 nitrogen and oxygen atoms in total. The Bertz CT molecular complexity index is 875. The third kappa shape index (κ3) is 6.22. The molecule has 0 bridgehead atoms. The second-order valence-electron chi connectivity index (χ2n) is 9.03. The molecule has 0 aliphatic carbocycles. The molecule has 1 saturated heterocycles. The third-order valence-corrected chi connectivity index (χ3v) is 5.68. The molecule has 1 aliphatic heterocycles. The van der Waals surface area contributed by atoms with Gasteiger partial charge in [-0.3, -0.25) is 9.36 Å². The summed E-state index contributed by atoms with van der Waals surface area (Å²) in [5.41, 5.74) is 1.06. The van der Waals surface area contributed by atoms with E-state index in [0.717, 1.165) is 50.0 Å². The molecule has 2 aromatic rings. The molecule has 158 valence electrons. The topological polar surface area (TPSA) is 60.7 Å². The van der Waals surface area contributed by atoms with Gasteiger partial charge in [0.05, 0.1) is 6.54 Å². The van der Waals surface area contributed by atoms with Crippen LogP contribution in [0.5, 0.6) is 0 Å². The second-order valence-corrected chi connectivity index (χ2v) is 9.40. The highest BCUT2D eigenvalue weighted by molar-refractivity contribution is 7.71. The van der Waals surface area contributed by atoms with Gasteiger partial charge < -0.3 is 15.1 Å². The van der Waals surface area contributed by atoms with Crippen LogP contribution < -0.4 is 15.1 Å². The van der Waals surface area contributed by atoms with E-state index in [2.05, 4.69) is 22.0 Å². The third-order valence-electron chi connectivity index (χ3n) is 5.25. The zero-order valence-corrected chi connectivity index (χ0v) is 18.8. The molecule has 1 fully saturated rings. The fourth-order valence-electron chi connectivity index (χ4n) is 3.79. The Hall–Kier alpha value is -2.03. The zero-order valence-electron chi connectivity index (χ0n) is 18.0. The van der Waals surface area contributed by atoms with Crippen molar-refractivity contribution >= 4 is 18.1 Å². The van der Waals surface area contributed by atoms with Crippen LogP contribution in [0, 0.1) is 11.7 Å².